The van der Waals surface area contributed by atoms with Crippen molar-refractivity contribution in [2.75, 3.05) is 11.1 Å². The van der Waals surface area contributed by atoms with Gasteiger partial charge in [-0.15, -0.1) is 0 Å². The number of alkyl halides is 3. The van der Waals surface area contributed by atoms with Crippen molar-refractivity contribution >= 4 is 35.0 Å². The van der Waals surface area contributed by atoms with Crippen LogP contribution in [0, 0.1) is 0 Å². The zero-order chi connectivity index (χ0) is 17.0. The fourth-order valence-corrected chi connectivity index (χ4v) is 2.37. The normalized spacial score (nSPS) is 11.3. The molecule has 0 aliphatic carbocycles. The number of nitrogens with zero attached hydrogens (tertiary/aromatic N) is 2. The Bertz CT molecular complexity index is 781. The first-order chi connectivity index (χ1) is 10.8. The second-order valence-electron chi connectivity index (χ2n) is 4.15. The molecule has 6 nitrogen and oxygen atoms in total. The molecule has 23 heavy (non-hydrogen) atoms. The summed E-state index contributed by atoms with van der Waals surface area (Å²) in [5.74, 6) is -0.713. The maximum atomic E-state index is 12.7. The van der Waals surface area contributed by atoms with Crippen LogP contribution < -0.4 is 11.0 Å². The standard InChI is InChI=1S/C12H8ClF3N4O2S/c13-8-2-1-6(3-7(8)12(14,15)16)18-9(21)5-23-10-4-17-20-11(22)19-10/h1-4H,5H2,(H,18,21)(H,19,20,22). The second kappa shape index (κ2) is 7.01. The molecule has 0 saturated heterocycles. The van der Waals surface area contributed by atoms with Crippen LogP contribution in [-0.2, 0) is 11.0 Å². The van der Waals surface area contributed by atoms with E-state index in [1.165, 1.54) is 12.3 Å². The number of hydrogen-bond acceptors (Lipinski definition) is 5. The minimum absolute atomic E-state index is 0.0377. The molecule has 0 fully saturated rings. The minimum atomic E-state index is -4.62. The summed E-state index contributed by atoms with van der Waals surface area (Å²) in [4.78, 5) is 26.2. The maximum absolute atomic E-state index is 12.7. The Morgan fingerprint density at radius 2 is 2.13 bits per heavy atom. The van der Waals surface area contributed by atoms with Gasteiger partial charge in [0.05, 0.1) is 22.5 Å². The molecule has 1 amide bonds. The third kappa shape index (κ3) is 4.96. The summed E-state index contributed by atoms with van der Waals surface area (Å²) in [5, 5.41) is 7.65. The Balaban J connectivity index is 2.02. The van der Waals surface area contributed by atoms with E-state index >= 15 is 0 Å². The molecule has 1 aromatic carbocycles. The van der Waals surface area contributed by atoms with Crippen molar-refractivity contribution in [3.63, 3.8) is 0 Å². The van der Waals surface area contributed by atoms with Crippen molar-refractivity contribution < 1.29 is 18.0 Å². The van der Waals surface area contributed by atoms with Gasteiger partial charge in [0, 0.05) is 5.69 Å². The average molecular weight is 365 g/mol. The van der Waals surface area contributed by atoms with Crippen LogP contribution in [0.4, 0.5) is 18.9 Å². The number of carbonyl (C=O) groups excluding carboxylic acids is 1. The van der Waals surface area contributed by atoms with Crippen LogP contribution in [0.2, 0.25) is 5.02 Å². The molecule has 0 unspecified atom stereocenters. The van der Waals surface area contributed by atoms with E-state index in [-0.39, 0.29) is 16.5 Å². The molecule has 2 aromatic rings. The van der Waals surface area contributed by atoms with Gasteiger partial charge in [0.2, 0.25) is 5.91 Å². The van der Waals surface area contributed by atoms with Crippen LogP contribution in [0.15, 0.2) is 34.2 Å². The Morgan fingerprint density at radius 3 is 2.78 bits per heavy atom. The largest absolute Gasteiger partial charge is 0.417 e. The predicted molar refractivity (Wildman–Crippen MR) is 78.5 cm³/mol. The summed E-state index contributed by atoms with van der Waals surface area (Å²) in [7, 11) is 0. The molecular formula is C12H8ClF3N4O2S. The summed E-state index contributed by atoms with van der Waals surface area (Å²) in [5.41, 5.74) is -1.74. The van der Waals surface area contributed by atoms with Crippen molar-refractivity contribution in [1.82, 2.24) is 15.2 Å². The summed E-state index contributed by atoms with van der Waals surface area (Å²) >= 11 is 6.41. The zero-order valence-electron chi connectivity index (χ0n) is 11.1. The van der Waals surface area contributed by atoms with E-state index in [2.05, 4.69) is 20.5 Å². The molecule has 122 valence electrons. The molecule has 2 N–H and O–H groups in total. The van der Waals surface area contributed by atoms with Crippen molar-refractivity contribution in [2.45, 2.75) is 11.2 Å². The van der Waals surface area contributed by atoms with E-state index in [0.29, 0.717) is 0 Å². The van der Waals surface area contributed by atoms with Crippen molar-refractivity contribution in [2.24, 2.45) is 0 Å². The first-order valence-electron chi connectivity index (χ1n) is 5.97. The molecule has 1 aromatic heterocycles. The number of halogens is 4. The molecule has 0 radical (unpaired) electrons. The fourth-order valence-electron chi connectivity index (χ4n) is 1.52. The lowest BCUT2D eigenvalue weighted by molar-refractivity contribution is -0.137. The Labute approximate surface area is 136 Å². The Hall–Kier alpha value is -2.07. The van der Waals surface area contributed by atoms with Crippen LogP contribution in [0.1, 0.15) is 5.56 Å². The quantitative estimate of drug-likeness (QED) is 0.814. The highest BCUT2D eigenvalue weighted by Gasteiger charge is 2.33. The molecule has 0 atom stereocenters. The molecule has 0 aliphatic rings. The lowest BCUT2D eigenvalue weighted by Crippen LogP contribution is -2.16. The van der Waals surface area contributed by atoms with Gasteiger partial charge in [-0.3, -0.25) is 4.79 Å². The molecule has 1 heterocycles. The van der Waals surface area contributed by atoms with Gasteiger partial charge in [0.25, 0.3) is 0 Å². The third-order valence-electron chi connectivity index (χ3n) is 2.45. The summed E-state index contributed by atoms with van der Waals surface area (Å²) in [6, 6.07) is 3.06. The smallest absolute Gasteiger partial charge is 0.325 e. The van der Waals surface area contributed by atoms with Gasteiger partial charge < -0.3 is 5.32 Å². The Morgan fingerprint density at radius 1 is 1.39 bits per heavy atom. The number of benzene rings is 1. The third-order valence-corrected chi connectivity index (χ3v) is 3.68. The summed E-state index contributed by atoms with van der Waals surface area (Å²) in [6.45, 7) is 0. The number of aromatic amines is 1. The van der Waals surface area contributed by atoms with Gasteiger partial charge in [0.1, 0.15) is 5.03 Å². The van der Waals surface area contributed by atoms with E-state index < -0.39 is 28.4 Å². The van der Waals surface area contributed by atoms with Gasteiger partial charge in [-0.1, -0.05) is 23.4 Å². The number of H-pyrrole nitrogens is 1. The van der Waals surface area contributed by atoms with Crippen LogP contribution in [0.5, 0.6) is 0 Å². The minimum Gasteiger partial charge on any atom is -0.325 e. The van der Waals surface area contributed by atoms with Gasteiger partial charge in [-0.25, -0.2) is 9.89 Å². The first-order valence-corrected chi connectivity index (χ1v) is 7.33. The Kier molecular flexibility index (Phi) is 5.26. The van der Waals surface area contributed by atoms with E-state index in [0.717, 1.165) is 23.9 Å². The van der Waals surface area contributed by atoms with Crippen molar-refractivity contribution in [3.8, 4) is 0 Å². The van der Waals surface area contributed by atoms with Crippen LogP contribution >= 0.6 is 23.4 Å². The second-order valence-corrected chi connectivity index (χ2v) is 5.56. The highest BCUT2D eigenvalue weighted by molar-refractivity contribution is 7.99. The van der Waals surface area contributed by atoms with Crippen molar-refractivity contribution in [3.05, 3.63) is 45.5 Å². The molecule has 0 bridgehead atoms. The van der Waals surface area contributed by atoms with E-state index in [1.807, 2.05) is 0 Å². The number of amides is 1. The predicted octanol–water partition coefficient (Wildman–Crippen LogP) is 2.57. The molecule has 2 rings (SSSR count). The van der Waals surface area contributed by atoms with Crippen LogP contribution in [0.3, 0.4) is 0 Å². The monoisotopic (exact) mass is 364 g/mol. The topological polar surface area (TPSA) is 87.7 Å². The first kappa shape index (κ1) is 17.3. The highest BCUT2D eigenvalue weighted by atomic mass is 35.5. The molecule has 0 aliphatic heterocycles. The molecule has 0 spiro atoms. The van der Waals surface area contributed by atoms with Gasteiger partial charge in [-0.05, 0) is 18.2 Å². The molecular weight excluding hydrogens is 357 g/mol. The highest BCUT2D eigenvalue weighted by Crippen LogP contribution is 2.36. The fraction of sp³-hybridized carbons (Fsp3) is 0.167. The number of hydrogen-bond donors (Lipinski definition) is 2. The molecule has 11 heteroatoms. The van der Waals surface area contributed by atoms with Gasteiger partial charge >= 0.3 is 11.9 Å². The lowest BCUT2D eigenvalue weighted by atomic mass is 10.2. The number of aromatic nitrogens is 3. The van der Waals surface area contributed by atoms with Gasteiger partial charge in [0.15, 0.2) is 0 Å². The number of thioether (sulfide) groups is 1. The van der Waals surface area contributed by atoms with E-state index in [1.54, 1.807) is 0 Å². The van der Waals surface area contributed by atoms with Gasteiger partial charge in [-0.2, -0.15) is 23.3 Å². The zero-order valence-corrected chi connectivity index (χ0v) is 12.7. The van der Waals surface area contributed by atoms with Crippen LogP contribution in [0.25, 0.3) is 0 Å². The molecule has 0 saturated carbocycles. The van der Waals surface area contributed by atoms with E-state index in [4.69, 9.17) is 11.6 Å². The SMILES string of the molecule is O=C(CSc1cn[nH]c(=O)n1)Nc1ccc(Cl)c(C(F)(F)F)c1. The summed E-state index contributed by atoms with van der Waals surface area (Å²) < 4.78 is 38.2. The maximum Gasteiger partial charge on any atom is 0.417 e. The number of anilines is 1. The average Bonchev–Trinajstić information content (AvgIpc) is 2.46. The lowest BCUT2D eigenvalue weighted by Gasteiger charge is -2.11. The van der Waals surface area contributed by atoms with Crippen LogP contribution in [-0.4, -0.2) is 26.8 Å². The van der Waals surface area contributed by atoms with Crippen molar-refractivity contribution in [1.29, 1.82) is 0 Å². The number of nitrogens with one attached hydrogen (secondary N) is 2. The van der Waals surface area contributed by atoms with E-state index in [9.17, 15) is 22.8 Å². The number of rotatable bonds is 4. The number of carbonyl (C=O) groups is 1. The summed E-state index contributed by atoms with van der Waals surface area (Å²) in [6.07, 6.45) is -3.36.